The highest BCUT2D eigenvalue weighted by molar-refractivity contribution is 5.27. The second-order valence-corrected chi connectivity index (χ2v) is 3.15. The molecule has 0 saturated carbocycles. The van der Waals surface area contributed by atoms with Crippen LogP contribution in [0.4, 0.5) is 0 Å². The van der Waals surface area contributed by atoms with Gasteiger partial charge in [0, 0.05) is 0 Å². The van der Waals surface area contributed by atoms with Crippen molar-refractivity contribution in [1.29, 1.82) is 0 Å². The number of rotatable bonds is 3. The van der Waals surface area contributed by atoms with Gasteiger partial charge in [-0.3, -0.25) is 9.51 Å². The molecule has 0 aliphatic heterocycles. The van der Waals surface area contributed by atoms with E-state index in [2.05, 4.69) is 14.7 Å². The summed E-state index contributed by atoms with van der Waals surface area (Å²) < 4.78 is 9.73. The first-order valence-electron chi connectivity index (χ1n) is 5.48. The highest BCUT2D eigenvalue weighted by Gasteiger charge is 2.01. The van der Waals surface area contributed by atoms with Gasteiger partial charge >= 0.3 is 5.76 Å². The second kappa shape index (κ2) is 6.52. The molecule has 0 aliphatic rings. The fraction of sp³-hybridized carbons (Fsp3) is 0.333. The van der Waals surface area contributed by atoms with Crippen LogP contribution in [0.3, 0.4) is 0 Å². The Balaban J connectivity index is 0.000000686. The lowest BCUT2D eigenvalue weighted by Gasteiger charge is -2.03. The summed E-state index contributed by atoms with van der Waals surface area (Å²) in [6.45, 7) is 6.17. The summed E-state index contributed by atoms with van der Waals surface area (Å²) in [5, 5.41) is 3.49. The number of hydrogen-bond acceptors (Lipinski definition) is 4. The van der Waals surface area contributed by atoms with Gasteiger partial charge in [0.05, 0.1) is 0 Å². The molecule has 1 aromatic carbocycles. The van der Waals surface area contributed by atoms with Crippen LogP contribution in [0, 0.1) is 6.92 Å². The molecular formula is C12H16N2O3. The van der Waals surface area contributed by atoms with Crippen molar-refractivity contribution in [3.63, 3.8) is 0 Å². The molecule has 0 fully saturated rings. The van der Waals surface area contributed by atoms with Crippen molar-refractivity contribution >= 4 is 0 Å². The number of hydrogen-bond donors (Lipinski definition) is 1. The monoisotopic (exact) mass is 236 g/mol. The largest absolute Gasteiger partial charge is 0.486 e. The zero-order chi connectivity index (χ0) is 12.7. The minimum atomic E-state index is -0.571. The molecule has 1 aromatic heterocycles. The Morgan fingerprint density at radius 1 is 1.41 bits per heavy atom. The lowest BCUT2D eigenvalue weighted by Crippen LogP contribution is -2.01. The maximum absolute atomic E-state index is 10.6. The van der Waals surface area contributed by atoms with Gasteiger partial charge in [-0.15, -0.1) is 0 Å². The first-order valence-corrected chi connectivity index (χ1v) is 5.48. The highest BCUT2D eigenvalue weighted by Crippen LogP contribution is 2.13. The van der Waals surface area contributed by atoms with Crippen LogP contribution in [0.15, 0.2) is 33.6 Å². The molecule has 17 heavy (non-hydrogen) atoms. The maximum Gasteiger partial charge on any atom is 0.439 e. The molecule has 2 aromatic rings. The van der Waals surface area contributed by atoms with E-state index >= 15 is 0 Å². The van der Waals surface area contributed by atoms with Crippen LogP contribution in [0.5, 0.6) is 5.75 Å². The Labute approximate surface area is 99.4 Å². The lowest BCUT2D eigenvalue weighted by molar-refractivity contribution is 0.285. The Morgan fingerprint density at radius 2 is 2.18 bits per heavy atom. The number of ether oxygens (including phenoxy) is 1. The van der Waals surface area contributed by atoms with Crippen LogP contribution in [0.1, 0.15) is 25.2 Å². The van der Waals surface area contributed by atoms with E-state index < -0.39 is 5.76 Å². The molecule has 92 valence electrons. The van der Waals surface area contributed by atoms with Crippen molar-refractivity contribution in [3.05, 3.63) is 46.2 Å². The Hall–Kier alpha value is -2.04. The fourth-order valence-electron chi connectivity index (χ4n) is 1.18. The molecule has 1 heterocycles. The van der Waals surface area contributed by atoms with Crippen LogP contribution in [0.25, 0.3) is 0 Å². The average molecular weight is 236 g/mol. The number of benzene rings is 1. The summed E-state index contributed by atoms with van der Waals surface area (Å²) in [5.41, 5.74) is 1.11. The van der Waals surface area contributed by atoms with Crippen LogP contribution in [-0.2, 0) is 6.61 Å². The smallest absolute Gasteiger partial charge is 0.439 e. The zero-order valence-corrected chi connectivity index (χ0v) is 10.2. The van der Waals surface area contributed by atoms with Gasteiger partial charge in [0.15, 0.2) is 5.82 Å². The van der Waals surface area contributed by atoms with Crippen molar-refractivity contribution in [3.8, 4) is 5.75 Å². The third-order valence-electron chi connectivity index (χ3n) is 1.85. The average Bonchev–Trinajstić information content (AvgIpc) is 2.75. The molecule has 0 spiro atoms. The summed E-state index contributed by atoms with van der Waals surface area (Å²) in [4.78, 5) is 13.0. The third-order valence-corrected chi connectivity index (χ3v) is 1.85. The molecule has 0 atom stereocenters. The zero-order valence-electron chi connectivity index (χ0n) is 10.2. The fourth-order valence-corrected chi connectivity index (χ4v) is 1.18. The summed E-state index contributed by atoms with van der Waals surface area (Å²) >= 11 is 0. The van der Waals surface area contributed by atoms with Crippen LogP contribution >= 0.6 is 0 Å². The minimum absolute atomic E-state index is 0.190. The Kier molecular flexibility index (Phi) is 5.00. The summed E-state index contributed by atoms with van der Waals surface area (Å²) in [6, 6.07) is 7.62. The van der Waals surface area contributed by atoms with Crippen LogP contribution < -0.4 is 10.5 Å². The maximum atomic E-state index is 10.6. The first-order chi connectivity index (χ1) is 8.24. The normalized spacial score (nSPS) is 9.35. The van der Waals surface area contributed by atoms with Gasteiger partial charge in [0.1, 0.15) is 12.4 Å². The van der Waals surface area contributed by atoms with Crippen molar-refractivity contribution in [1.82, 2.24) is 10.1 Å². The molecule has 5 heteroatoms. The van der Waals surface area contributed by atoms with E-state index in [1.54, 1.807) is 0 Å². The van der Waals surface area contributed by atoms with Crippen molar-refractivity contribution < 1.29 is 9.26 Å². The minimum Gasteiger partial charge on any atom is -0.486 e. The molecule has 0 bridgehead atoms. The van der Waals surface area contributed by atoms with E-state index in [0.29, 0.717) is 5.82 Å². The van der Waals surface area contributed by atoms with E-state index in [1.807, 2.05) is 45.0 Å². The van der Waals surface area contributed by atoms with Gasteiger partial charge in [-0.2, -0.15) is 0 Å². The highest BCUT2D eigenvalue weighted by atomic mass is 16.5. The third kappa shape index (κ3) is 4.14. The Morgan fingerprint density at radius 3 is 2.76 bits per heavy atom. The Bertz CT molecular complexity index is 502. The second-order valence-electron chi connectivity index (χ2n) is 3.15. The van der Waals surface area contributed by atoms with E-state index in [4.69, 9.17) is 4.74 Å². The summed E-state index contributed by atoms with van der Waals surface area (Å²) in [7, 11) is 0. The molecule has 0 amide bonds. The number of aryl methyl sites for hydroxylation is 1. The van der Waals surface area contributed by atoms with Gasteiger partial charge in [-0.25, -0.2) is 4.79 Å². The molecule has 0 aliphatic carbocycles. The van der Waals surface area contributed by atoms with E-state index in [-0.39, 0.29) is 6.61 Å². The first kappa shape index (κ1) is 13.0. The molecule has 0 saturated heterocycles. The standard InChI is InChI=1S/C10H10N2O3.C2H6/c1-7-3-2-4-8(5-7)14-6-9-11-10(13)15-12-9;1-2/h2-5H,6H2,1H3,(H,11,12,13);1-2H3. The number of aromatic amines is 1. The topological polar surface area (TPSA) is 68.1 Å². The van der Waals surface area contributed by atoms with Gasteiger partial charge in [-0.1, -0.05) is 31.1 Å². The predicted octanol–water partition coefficient (Wildman–Crippen LogP) is 2.28. The van der Waals surface area contributed by atoms with E-state index in [0.717, 1.165) is 11.3 Å². The van der Waals surface area contributed by atoms with Gasteiger partial charge in [0.2, 0.25) is 0 Å². The van der Waals surface area contributed by atoms with Crippen molar-refractivity contribution in [2.24, 2.45) is 0 Å². The van der Waals surface area contributed by atoms with E-state index in [1.165, 1.54) is 0 Å². The summed E-state index contributed by atoms with van der Waals surface area (Å²) in [5.74, 6) is 0.540. The number of aromatic nitrogens is 2. The van der Waals surface area contributed by atoms with Crippen LogP contribution in [-0.4, -0.2) is 10.1 Å². The predicted molar refractivity (Wildman–Crippen MR) is 64.0 cm³/mol. The number of nitrogens with one attached hydrogen (secondary N) is 1. The molecule has 1 N–H and O–H groups in total. The molecular weight excluding hydrogens is 220 g/mol. The van der Waals surface area contributed by atoms with Crippen molar-refractivity contribution in [2.75, 3.05) is 0 Å². The van der Waals surface area contributed by atoms with E-state index in [9.17, 15) is 4.79 Å². The summed E-state index contributed by atoms with van der Waals surface area (Å²) in [6.07, 6.45) is 0. The lowest BCUT2D eigenvalue weighted by atomic mass is 10.2. The number of H-pyrrole nitrogens is 1. The molecule has 5 nitrogen and oxygen atoms in total. The van der Waals surface area contributed by atoms with Crippen LogP contribution in [0.2, 0.25) is 0 Å². The molecule has 0 radical (unpaired) electrons. The van der Waals surface area contributed by atoms with Gasteiger partial charge in [0.25, 0.3) is 0 Å². The number of nitrogens with zero attached hydrogens (tertiary/aromatic N) is 1. The van der Waals surface area contributed by atoms with Crippen molar-refractivity contribution in [2.45, 2.75) is 27.4 Å². The van der Waals surface area contributed by atoms with Gasteiger partial charge in [-0.05, 0) is 24.6 Å². The quantitative estimate of drug-likeness (QED) is 0.887. The molecule has 2 rings (SSSR count). The molecule has 0 unspecified atom stereocenters. The SMILES string of the molecule is CC.Cc1cccc(OCc2noc(=O)[nH]2)c1. The van der Waals surface area contributed by atoms with Gasteiger partial charge < -0.3 is 4.74 Å².